The van der Waals surface area contributed by atoms with Gasteiger partial charge in [-0.1, -0.05) is 45.9 Å². The zero-order valence-electron chi connectivity index (χ0n) is 25.0. The summed E-state index contributed by atoms with van der Waals surface area (Å²) in [6, 6.07) is 12.6. The Morgan fingerprint density at radius 3 is 2.63 bits per heavy atom. The van der Waals surface area contributed by atoms with Crippen LogP contribution in [0.3, 0.4) is 0 Å². The van der Waals surface area contributed by atoms with Gasteiger partial charge in [0.05, 0.1) is 17.3 Å². The molecule has 3 aromatic rings. The molecule has 2 unspecified atom stereocenters. The average molecular weight is 552 g/mol. The molecule has 2 aromatic heterocycles. The summed E-state index contributed by atoms with van der Waals surface area (Å²) in [5.41, 5.74) is 7.31. The van der Waals surface area contributed by atoms with Crippen LogP contribution in [0.4, 0.5) is 11.5 Å². The number of amides is 1. The minimum atomic E-state index is -0.156. The van der Waals surface area contributed by atoms with Crippen molar-refractivity contribution < 1.29 is 4.79 Å². The van der Waals surface area contributed by atoms with E-state index < -0.39 is 0 Å². The van der Waals surface area contributed by atoms with Gasteiger partial charge < -0.3 is 10.6 Å². The van der Waals surface area contributed by atoms with Gasteiger partial charge in [-0.3, -0.25) is 14.7 Å². The molecule has 0 aliphatic carbocycles. The fraction of sp³-hybridized carbons (Fsp3) is 0.424. The molecule has 0 saturated carbocycles. The van der Waals surface area contributed by atoms with Crippen LogP contribution in [-0.2, 0) is 11.8 Å². The quantitative estimate of drug-likeness (QED) is 0.358. The summed E-state index contributed by atoms with van der Waals surface area (Å²) in [4.78, 5) is 25.0. The van der Waals surface area contributed by atoms with Crippen LogP contribution >= 0.6 is 0 Å². The van der Waals surface area contributed by atoms with Crippen LogP contribution in [0.5, 0.6) is 0 Å². The highest BCUT2D eigenvalue weighted by atomic mass is 16.1. The van der Waals surface area contributed by atoms with Crippen LogP contribution in [0.2, 0.25) is 0 Å². The third kappa shape index (κ3) is 6.38. The van der Waals surface area contributed by atoms with Gasteiger partial charge in [0.2, 0.25) is 0 Å². The fourth-order valence-corrected chi connectivity index (χ4v) is 5.62. The maximum atomic E-state index is 13.4. The van der Waals surface area contributed by atoms with E-state index in [9.17, 15) is 4.79 Å². The van der Waals surface area contributed by atoms with Crippen molar-refractivity contribution in [3.05, 3.63) is 82.3 Å². The van der Waals surface area contributed by atoms with Crippen molar-refractivity contribution in [1.82, 2.24) is 14.9 Å². The number of aromatic nitrogens is 2. The van der Waals surface area contributed by atoms with Crippen molar-refractivity contribution in [1.29, 1.82) is 0 Å². The predicted octanol–water partition coefficient (Wildman–Crippen LogP) is 6.32. The molecule has 0 radical (unpaired) electrons. The van der Waals surface area contributed by atoms with E-state index in [0.717, 1.165) is 52.6 Å². The number of nitrogens with zero attached hydrogens (tertiary/aromatic N) is 5. The zero-order chi connectivity index (χ0) is 29.1. The molecule has 1 aromatic carbocycles. The number of pyridine rings is 2. The molecule has 2 N–H and O–H groups in total. The Kier molecular flexibility index (Phi) is 8.31. The van der Waals surface area contributed by atoms with E-state index in [2.05, 4.69) is 88.6 Å². The zero-order valence-corrected chi connectivity index (χ0v) is 25.0. The second-order valence-electron chi connectivity index (χ2n) is 12.1. The first-order valence-corrected chi connectivity index (χ1v) is 14.6. The van der Waals surface area contributed by atoms with Crippen LogP contribution in [0.15, 0.2) is 59.0 Å². The second-order valence-corrected chi connectivity index (χ2v) is 12.1. The van der Waals surface area contributed by atoms with Gasteiger partial charge in [-0.25, -0.2) is 4.98 Å². The van der Waals surface area contributed by atoms with Crippen LogP contribution in [-0.4, -0.2) is 52.3 Å². The SMILES string of the molecule is CCc1cc(C(C)(C)C)ncc1C(=O)Nc1cccc(C2=NN=CC(Nc3ccc(C4CCCN4C)cn3)C2)c1C. The molecule has 2 aliphatic rings. The van der Waals surface area contributed by atoms with Crippen molar-refractivity contribution in [3.63, 3.8) is 0 Å². The number of likely N-dealkylation sites (tertiary alicyclic amines) is 1. The van der Waals surface area contributed by atoms with E-state index >= 15 is 0 Å². The molecule has 0 bridgehead atoms. The molecule has 41 heavy (non-hydrogen) atoms. The molecule has 8 heteroatoms. The summed E-state index contributed by atoms with van der Waals surface area (Å²) in [5.74, 6) is 0.666. The van der Waals surface area contributed by atoms with E-state index in [4.69, 9.17) is 0 Å². The predicted molar refractivity (Wildman–Crippen MR) is 167 cm³/mol. The number of carbonyl (C=O) groups is 1. The molecule has 5 rings (SSSR count). The topological polar surface area (TPSA) is 94.9 Å². The summed E-state index contributed by atoms with van der Waals surface area (Å²) in [5, 5.41) is 15.4. The van der Waals surface area contributed by atoms with Crippen molar-refractivity contribution in [2.24, 2.45) is 10.2 Å². The van der Waals surface area contributed by atoms with Crippen molar-refractivity contribution in [2.45, 2.75) is 77.8 Å². The van der Waals surface area contributed by atoms with Gasteiger partial charge in [0.1, 0.15) is 5.82 Å². The van der Waals surface area contributed by atoms with Gasteiger partial charge in [-0.2, -0.15) is 10.2 Å². The molecular formula is C33H41N7O. The fourth-order valence-electron chi connectivity index (χ4n) is 5.62. The largest absolute Gasteiger partial charge is 0.362 e. The number of carbonyl (C=O) groups excluding carboxylic acids is 1. The van der Waals surface area contributed by atoms with Gasteiger partial charge in [0.25, 0.3) is 5.91 Å². The van der Waals surface area contributed by atoms with E-state index in [0.29, 0.717) is 18.0 Å². The number of rotatable bonds is 7. The molecule has 1 saturated heterocycles. The van der Waals surface area contributed by atoms with Gasteiger partial charge in [-0.15, -0.1) is 0 Å². The number of hydrogen-bond acceptors (Lipinski definition) is 7. The lowest BCUT2D eigenvalue weighted by molar-refractivity contribution is 0.102. The minimum Gasteiger partial charge on any atom is -0.362 e. The molecule has 214 valence electrons. The highest BCUT2D eigenvalue weighted by molar-refractivity contribution is 6.09. The first-order chi connectivity index (χ1) is 19.6. The standard InChI is InChI=1S/C33H41N7O/c1-7-22-16-30(33(3,4)5)34-20-26(22)32(41)38-27-11-8-10-25(21(27)2)28-17-24(19-36-39-28)37-31-14-13-23(18-35-31)29-12-9-15-40(29)6/h8,10-11,13-14,16,18-20,24,29H,7,9,12,15,17H2,1-6H3,(H,35,37)(H,38,41). The monoisotopic (exact) mass is 551 g/mol. The molecule has 2 atom stereocenters. The lowest BCUT2D eigenvalue weighted by Gasteiger charge is -2.22. The van der Waals surface area contributed by atoms with E-state index in [-0.39, 0.29) is 17.4 Å². The number of hydrogen-bond donors (Lipinski definition) is 2. The van der Waals surface area contributed by atoms with Gasteiger partial charge in [0.15, 0.2) is 0 Å². The van der Waals surface area contributed by atoms with Crippen molar-refractivity contribution >= 4 is 29.3 Å². The Hall–Kier alpha value is -3.91. The number of nitrogens with one attached hydrogen (secondary N) is 2. The Morgan fingerprint density at radius 2 is 1.95 bits per heavy atom. The molecule has 0 spiro atoms. The van der Waals surface area contributed by atoms with E-state index in [1.54, 1.807) is 6.20 Å². The molecule has 2 aliphatic heterocycles. The summed E-state index contributed by atoms with van der Waals surface area (Å²) in [6.45, 7) is 11.6. The Balaban J connectivity index is 1.28. The molecule has 4 heterocycles. The first-order valence-electron chi connectivity index (χ1n) is 14.6. The van der Waals surface area contributed by atoms with Crippen molar-refractivity contribution in [2.75, 3.05) is 24.2 Å². The summed E-state index contributed by atoms with van der Waals surface area (Å²) in [6.07, 6.45) is 9.34. The smallest absolute Gasteiger partial charge is 0.257 e. The van der Waals surface area contributed by atoms with Crippen LogP contribution in [0.1, 0.15) is 91.3 Å². The lowest BCUT2D eigenvalue weighted by atomic mass is 9.89. The highest BCUT2D eigenvalue weighted by Crippen LogP contribution is 2.30. The Morgan fingerprint density at radius 1 is 1.12 bits per heavy atom. The second kappa shape index (κ2) is 11.9. The van der Waals surface area contributed by atoms with E-state index in [1.165, 1.54) is 18.4 Å². The van der Waals surface area contributed by atoms with Gasteiger partial charge in [-0.05, 0) is 74.7 Å². The molecular weight excluding hydrogens is 510 g/mol. The van der Waals surface area contributed by atoms with Gasteiger partial charge in [0, 0.05) is 53.4 Å². The third-order valence-corrected chi connectivity index (χ3v) is 8.14. The minimum absolute atomic E-state index is 0.0350. The summed E-state index contributed by atoms with van der Waals surface area (Å²) in [7, 11) is 2.18. The number of aryl methyl sites for hydroxylation is 1. The maximum absolute atomic E-state index is 13.4. The molecule has 1 fully saturated rings. The van der Waals surface area contributed by atoms with Crippen molar-refractivity contribution in [3.8, 4) is 0 Å². The average Bonchev–Trinajstić information content (AvgIpc) is 3.39. The number of benzene rings is 1. The van der Waals surface area contributed by atoms with Crippen LogP contribution in [0.25, 0.3) is 0 Å². The third-order valence-electron chi connectivity index (χ3n) is 8.14. The Bertz CT molecular complexity index is 1470. The van der Waals surface area contributed by atoms with Crippen LogP contribution in [0, 0.1) is 6.92 Å². The first kappa shape index (κ1) is 28.6. The maximum Gasteiger partial charge on any atom is 0.257 e. The lowest BCUT2D eigenvalue weighted by Crippen LogP contribution is -2.28. The summed E-state index contributed by atoms with van der Waals surface area (Å²) >= 11 is 0. The molecule has 8 nitrogen and oxygen atoms in total. The normalized spacial score (nSPS) is 19.2. The number of anilines is 2. The highest BCUT2D eigenvalue weighted by Gasteiger charge is 2.24. The van der Waals surface area contributed by atoms with Crippen LogP contribution < -0.4 is 10.6 Å². The van der Waals surface area contributed by atoms with E-state index in [1.807, 2.05) is 37.5 Å². The Labute approximate surface area is 243 Å². The summed E-state index contributed by atoms with van der Waals surface area (Å²) < 4.78 is 0. The molecule has 1 amide bonds. The van der Waals surface area contributed by atoms with Gasteiger partial charge >= 0.3 is 0 Å².